The van der Waals surface area contributed by atoms with E-state index in [0.29, 0.717) is 5.02 Å². The zero-order chi connectivity index (χ0) is 19.5. The molecule has 0 aromatic heterocycles. The van der Waals surface area contributed by atoms with Crippen molar-refractivity contribution in [1.29, 1.82) is 0 Å². The number of amides is 1. The van der Waals surface area contributed by atoms with Crippen LogP contribution in [-0.2, 0) is 21.0 Å². The third-order valence-corrected chi connectivity index (χ3v) is 5.14. The Balaban J connectivity index is 2.04. The molecule has 0 saturated heterocycles. The zero-order valence-electron chi connectivity index (χ0n) is 13.3. The Morgan fingerprint density at radius 1 is 1.04 bits per heavy atom. The van der Waals surface area contributed by atoms with Crippen molar-refractivity contribution in [3.8, 4) is 0 Å². The van der Waals surface area contributed by atoms with E-state index in [-0.39, 0.29) is 10.6 Å². The van der Waals surface area contributed by atoms with Crippen molar-refractivity contribution in [1.82, 2.24) is 4.72 Å². The molecule has 0 aliphatic heterocycles. The Morgan fingerprint density at radius 2 is 1.58 bits per heavy atom. The molecule has 0 radical (unpaired) electrons. The summed E-state index contributed by atoms with van der Waals surface area (Å²) in [6.07, 6.45) is -4.48. The highest BCUT2D eigenvalue weighted by molar-refractivity contribution is 7.89. The van der Waals surface area contributed by atoms with Crippen LogP contribution in [0.1, 0.15) is 12.5 Å². The minimum absolute atomic E-state index is 0.0731. The zero-order valence-corrected chi connectivity index (χ0v) is 14.9. The fraction of sp³-hybridized carbons (Fsp3) is 0.188. The van der Waals surface area contributed by atoms with Gasteiger partial charge in [-0.15, -0.1) is 0 Å². The molecule has 0 aliphatic rings. The SMILES string of the molecule is C[C@H](NS(=O)(=O)c1ccc(Cl)cc1)C(=O)Nc1ccc(C(F)(F)F)cc1. The Kier molecular flexibility index (Phi) is 5.94. The van der Waals surface area contributed by atoms with Crippen LogP contribution in [0.25, 0.3) is 0 Å². The smallest absolute Gasteiger partial charge is 0.325 e. The summed E-state index contributed by atoms with van der Waals surface area (Å²) in [7, 11) is -3.96. The van der Waals surface area contributed by atoms with E-state index in [1.165, 1.54) is 31.2 Å². The Hall–Kier alpha value is -2.10. The first-order valence-electron chi connectivity index (χ1n) is 7.25. The number of sulfonamides is 1. The number of hydrogen-bond donors (Lipinski definition) is 2. The summed E-state index contributed by atoms with van der Waals surface area (Å²) in [6.45, 7) is 1.31. The van der Waals surface area contributed by atoms with E-state index in [1.54, 1.807) is 0 Å². The number of anilines is 1. The van der Waals surface area contributed by atoms with Gasteiger partial charge in [0.1, 0.15) is 0 Å². The molecule has 0 saturated carbocycles. The van der Waals surface area contributed by atoms with Gasteiger partial charge in [0.2, 0.25) is 15.9 Å². The molecule has 0 aliphatic carbocycles. The van der Waals surface area contributed by atoms with Crippen LogP contribution in [-0.4, -0.2) is 20.4 Å². The lowest BCUT2D eigenvalue weighted by Gasteiger charge is -2.15. The van der Waals surface area contributed by atoms with Gasteiger partial charge < -0.3 is 5.32 Å². The highest BCUT2D eigenvalue weighted by Gasteiger charge is 2.30. The maximum atomic E-state index is 12.5. The molecule has 0 spiro atoms. The lowest BCUT2D eigenvalue weighted by atomic mass is 10.2. The van der Waals surface area contributed by atoms with Crippen molar-refractivity contribution in [3.63, 3.8) is 0 Å². The number of alkyl halides is 3. The molecule has 0 fully saturated rings. The Labute approximate surface area is 153 Å². The molecule has 2 aromatic carbocycles. The number of carbonyl (C=O) groups excluding carboxylic acids is 1. The topological polar surface area (TPSA) is 75.3 Å². The summed E-state index contributed by atoms with van der Waals surface area (Å²) in [6, 6.07) is 8.00. The second kappa shape index (κ2) is 7.65. The molecule has 2 aromatic rings. The predicted octanol–water partition coefficient (Wildman–Crippen LogP) is 3.66. The van der Waals surface area contributed by atoms with Gasteiger partial charge in [0, 0.05) is 10.7 Å². The molecule has 140 valence electrons. The summed E-state index contributed by atoms with van der Waals surface area (Å²) in [5.41, 5.74) is -0.743. The third-order valence-electron chi connectivity index (χ3n) is 3.33. The highest BCUT2D eigenvalue weighted by Crippen LogP contribution is 2.29. The molecule has 26 heavy (non-hydrogen) atoms. The first-order valence-corrected chi connectivity index (χ1v) is 9.11. The van der Waals surface area contributed by atoms with Gasteiger partial charge >= 0.3 is 6.18 Å². The summed E-state index contributed by atoms with van der Waals surface area (Å²) >= 11 is 5.70. The first-order chi connectivity index (χ1) is 12.0. The van der Waals surface area contributed by atoms with Crippen LogP contribution in [0.3, 0.4) is 0 Å². The van der Waals surface area contributed by atoms with Gasteiger partial charge in [0.05, 0.1) is 16.5 Å². The quantitative estimate of drug-likeness (QED) is 0.795. The van der Waals surface area contributed by atoms with Crippen molar-refractivity contribution in [3.05, 3.63) is 59.1 Å². The van der Waals surface area contributed by atoms with Crippen LogP contribution in [0.15, 0.2) is 53.4 Å². The normalized spacial score (nSPS) is 13.3. The number of halogens is 4. The van der Waals surface area contributed by atoms with E-state index >= 15 is 0 Å². The molecule has 0 bridgehead atoms. The van der Waals surface area contributed by atoms with Crippen LogP contribution in [0, 0.1) is 0 Å². The molecule has 0 unspecified atom stereocenters. The second-order valence-corrected chi connectivity index (χ2v) is 7.51. The van der Waals surface area contributed by atoms with Crippen LogP contribution in [0.5, 0.6) is 0 Å². The van der Waals surface area contributed by atoms with Gasteiger partial charge in [-0.25, -0.2) is 8.42 Å². The van der Waals surface area contributed by atoms with Gasteiger partial charge in [-0.3, -0.25) is 4.79 Å². The average molecular weight is 407 g/mol. The van der Waals surface area contributed by atoms with Gasteiger partial charge in [0.25, 0.3) is 0 Å². The molecular weight excluding hydrogens is 393 g/mol. The summed E-state index contributed by atoms with van der Waals surface area (Å²) in [4.78, 5) is 12.0. The van der Waals surface area contributed by atoms with E-state index in [4.69, 9.17) is 11.6 Å². The van der Waals surface area contributed by atoms with E-state index in [9.17, 15) is 26.4 Å². The summed E-state index contributed by atoms with van der Waals surface area (Å²) in [5, 5.41) is 2.71. The monoisotopic (exact) mass is 406 g/mol. The van der Waals surface area contributed by atoms with Crippen LogP contribution < -0.4 is 10.0 Å². The second-order valence-electron chi connectivity index (χ2n) is 5.36. The molecule has 1 amide bonds. The molecule has 10 heteroatoms. The van der Waals surface area contributed by atoms with Crippen molar-refractivity contribution in [2.45, 2.75) is 24.0 Å². The lowest BCUT2D eigenvalue weighted by Crippen LogP contribution is -2.41. The number of hydrogen-bond acceptors (Lipinski definition) is 3. The molecule has 0 heterocycles. The molecule has 2 N–H and O–H groups in total. The fourth-order valence-electron chi connectivity index (χ4n) is 1.96. The Morgan fingerprint density at radius 3 is 2.08 bits per heavy atom. The highest BCUT2D eigenvalue weighted by atomic mass is 35.5. The maximum absolute atomic E-state index is 12.5. The van der Waals surface area contributed by atoms with Crippen LogP contribution in [0.2, 0.25) is 5.02 Å². The molecule has 2 rings (SSSR count). The molecule has 1 atom stereocenters. The van der Waals surface area contributed by atoms with Crippen molar-refractivity contribution in [2.24, 2.45) is 0 Å². The van der Waals surface area contributed by atoms with Crippen molar-refractivity contribution in [2.75, 3.05) is 5.32 Å². The standard InChI is InChI=1S/C16H14ClF3N2O3S/c1-10(22-26(24,25)14-8-4-12(17)5-9-14)15(23)21-13-6-2-11(3-7-13)16(18,19)20/h2-10,22H,1H3,(H,21,23)/t10-/m0/s1. The van der Waals surface area contributed by atoms with E-state index in [0.717, 1.165) is 24.3 Å². The van der Waals surface area contributed by atoms with Gasteiger partial charge in [-0.1, -0.05) is 11.6 Å². The lowest BCUT2D eigenvalue weighted by molar-refractivity contribution is -0.137. The maximum Gasteiger partial charge on any atom is 0.416 e. The number of nitrogens with one attached hydrogen (secondary N) is 2. The number of carbonyl (C=O) groups is 1. The first kappa shape index (κ1) is 20.2. The Bertz CT molecular complexity index is 882. The van der Waals surface area contributed by atoms with E-state index in [2.05, 4.69) is 10.0 Å². The largest absolute Gasteiger partial charge is 0.416 e. The summed E-state index contributed by atoms with van der Waals surface area (Å²) < 4.78 is 64.1. The van der Waals surface area contributed by atoms with Gasteiger partial charge in [-0.2, -0.15) is 17.9 Å². The third kappa shape index (κ3) is 5.20. The predicted molar refractivity (Wildman–Crippen MR) is 91.3 cm³/mol. The average Bonchev–Trinajstić information content (AvgIpc) is 2.54. The van der Waals surface area contributed by atoms with Crippen molar-refractivity contribution < 1.29 is 26.4 Å². The van der Waals surface area contributed by atoms with Crippen LogP contribution >= 0.6 is 11.6 Å². The number of rotatable bonds is 5. The van der Waals surface area contributed by atoms with Crippen molar-refractivity contribution >= 4 is 33.2 Å². The van der Waals surface area contributed by atoms with Gasteiger partial charge in [0.15, 0.2) is 0 Å². The molecule has 5 nitrogen and oxygen atoms in total. The molecular formula is C16H14ClF3N2O3S. The minimum atomic E-state index is -4.48. The fourth-order valence-corrected chi connectivity index (χ4v) is 3.29. The minimum Gasteiger partial charge on any atom is -0.325 e. The van der Waals surface area contributed by atoms with E-state index in [1.807, 2.05) is 0 Å². The summed E-state index contributed by atoms with van der Waals surface area (Å²) in [5.74, 6) is -0.720. The van der Waals surface area contributed by atoms with Crippen LogP contribution in [0.4, 0.5) is 18.9 Å². The number of benzene rings is 2. The van der Waals surface area contributed by atoms with E-state index < -0.39 is 33.7 Å². The van der Waals surface area contributed by atoms with Gasteiger partial charge in [-0.05, 0) is 55.5 Å².